The van der Waals surface area contributed by atoms with Crippen LogP contribution in [0, 0.1) is 6.92 Å². The lowest BCUT2D eigenvalue weighted by atomic mass is 10.0. The molecule has 4 nitrogen and oxygen atoms in total. The molecule has 0 aliphatic carbocycles. The molecule has 0 saturated carbocycles. The number of benzene rings is 3. The van der Waals surface area contributed by atoms with Gasteiger partial charge in [0, 0.05) is 37.4 Å². The van der Waals surface area contributed by atoms with Gasteiger partial charge in [0.15, 0.2) is 0 Å². The summed E-state index contributed by atoms with van der Waals surface area (Å²) in [6.45, 7) is 5.20. The van der Waals surface area contributed by atoms with Crippen molar-refractivity contribution in [1.29, 1.82) is 0 Å². The number of nitrogens with one attached hydrogen (secondary N) is 1. The summed E-state index contributed by atoms with van der Waals surface area (Å²) in [4.78, 5) is 28.8. The Hall–Kier alpha value is -3.05. The Morgan fingerprint density at radius 1 is 0.861 bits per heavy atom. The van der Waals surface area contributed by atoms with Gasteiger partial charge in [0.25, 0.3) is 0 Å². The number of rotatable bonds is 14. The summed E-state index contributed by atoms with van der Waals surface area (Å²) in [5.41, 5.74) is 4.51. The Kier molecular flexibility index (Phi) is 11.6. The number of carbonyl (C=O) groups is 2. The zero-order valence-corrected chi connectivity index (χ0v) is 22.3. The van der Waals surface area contributed by atoms with Crippen molar-refractivity contribution >= 4 is 23.6 Å². The highest BCUT2D eigenvalue weighted by atomic mass is 32.2. The molecule has 190 valence electrons. The van der Waals surface area contributed by atoms with Gasteiger partial charge in [-0.2, -0.15) is 11.8 Å². The van der Waals surface area contributed by atoms with E-state index in [2.05, 4.69) is 43.4 Å². The third-order valence-corrected chi connectivity index (χ3v) is 7.18. The molecule has 3 aromatic carbocycles. The highest BCUT2D eigenvalue weighted by Gasteiger charge is 2.30. The van der Waals surface area contributed by atoms with E-state index in [9.17, 15) is 9.59 Å². The van der Waals surface area contributed by atoms with Gasteiger partial charge in [-0.3, -0.25) is 9.59 Å². The van der Waals surface area contributed by atoms with Gasteiger partial charge in [-0.25, -0.2) is 0 Å². The summed E-state index contributed by atoms with van der Waals surface area (Å²) >= 11 is 1.75. The van der Waals surface area contributed by atoms with Crippen LogP contribution in [-0.4, -0.2) is 35.1 Å². The van der Waals surface area contributed by atoms with E-state index in [1.165, 1.54) is 11.1 Å². The summed E-state index contributed by atoms with van der Waals surface area (Å²) in [7, 11) is 0. The summed E-state index contributed by atoms with van der Waals surface area (Å²) < 4.78 is 0. The molecule has 0 aromatic heterocycles. The predicted octanol–water partition coefficient (Wildman–Crippen LogP) is 6.17. The monoisotopic (exact) mass is 502 g/mol. The number of nitrogens with zero attached hydrogens (tertiary/aromatic N) is 1. The van der Waals surface area contributed by atoms with E-state index in [1.807, 2.05) is 60.7 Å². The number of carbonyl (C=O) groups excluding carboxylic acids is 2. The third-order valence-electron chi connectivity index (χ3n) is 6.15. The number of thioether (sulfide) groups is 1. The topological polar surface area (TPSA) is 49.4 Å². The lowest BCUT2D eigenvalue weighted by Gasteiger charge is -2.31. The van der Waals surface area contributed by atoms with Crippen LogP contribution in [0.3, 0.4) is 0 Å². The molecule has 2 amide bonds. The van der Waals surface area contributed by atoms with Crippen molar-refractivity contribution in [2.45, 2.75) is 57.9 Å². The van der Waals surface area contributed by atoms with Crippen LogP contribution in [-0.2, 0) is 28.3 Å². The van der Waals surface area contributed by atoms with E-state index in [0.717, 1.165) is 29.7 Å². The summed E-state index contributed by atoms with van der Waals surface area (Å²) in [6, 6.07) is 27.9. The molecule has 5 heteroatoms. The molecule has 0 unspecified atom stereocenters. The minimum absolute atomic E-state index is 0.0164. The first-order valence-corrected chi connectivity index (χ1v) is 14.0. The van der Waals surface area contributed by atoms with E-state index >= 15 is 0 Å². The van der Waals surface area contributed by atoms with E-state index < -0.39 is 6.04 Å². The Morgan fingerprint density at radius 2 is 1.50 bits per heavy atom. The molecule has 36 heavy (non-hydrogen) atoms. The molecule has 0 aliphatic heterocycles. The van der Waals surface area contributed by atoms with Crippen molar-refractivity contribution in [3.05, 3.63) is 107 Å². The van der Waals surface area contributed by atoms with E-state index in [1.54, 1.807) is 16.7 Å². The molecule has 0 fully saturated rings. The summed E-state index contributed by atoms with van der Waals surface area (Å²) in [5.74, 6) is 1.53. The van der Waals surface area contributed by atoms with Gasteiger partial charge in [-0.05, 0) is 30.0 Å². The first-order valence-electron chi connectivity index (χ1n) is 12.8. The van der Waals surface area contributed by atoms with E-state index in [-0.39, 0.29) is 11.8 Å². The van der Waals surface area contributed by atoms with Crippen molar-refractivity contribution in [3.63, 3.8) is 0 Å². The van der Waals surface area contributed by atoms with Gasteiger partial charge in [0.2, 0.25) is 11.8 Å². The molecule has 3 aromatic rings. The number of amides is 2. The highest BCUT2D eigenvalue weighted by Crippen LogP contribution is 2.19. The number of hydrogen-bond acceptors (Lipinski definition) is 3. The molecule has 0 aliphatic rings. The fraction of sp³-hybridized carbons (Fsp3) is 0.355. The summed E-state index contributed by atoms with van der Waals surface area (Å²) in [5, 5.41) is 3.08. The van der Waals surface area contributed by atoms with Crippen LogP contribution in [0.2, 0.25) is 0 Å². The molecule has 0 heterocycles. The lowest BCUT2D eigenvalue weighted by Crippen LogP contribution is -2.50. The average Bonchev–Trinajstić information content (AvgIpc) is 2.91. The molecule has 0 spiro atoms. The molecular weight excluding hydrogens is 464 g/mol. The van der Waals surface area contributed by atoms with Crippen LogP contribution < -0.4 is 5.32 Å². The average molecular weight is 503 g/mol. The first kappa shape index (κ1) is 27.5. The fourth-order valence-corrected chi connectivity index (χ4v) is 4.91. The molecule has 0 bridgehead atoms. The normalized spacial score (nSPS) is 11.6. The fourth-order valence-electron chi connectivity index (χ4n) is 4.02. The van der Waals surface area contributed by atoms with Crippen molar-refractivity contribution in [2.24, 2.45) is 0 Å². The molecular formula is C31H38N2O2S. The van der Waals surface area contributed by atoms with Crippen molar-refractivity contribution in [3.8, 4) is 0 Å². The van der Waals surface area contributed by atoms with Crippen molar-refractivity contribution < 1.29 is 9.59 Å². The van der Waals surface area contributed by atoms with Crippen molar-refractivity contribution in [2.75, 3.05) is 12.3 Å². The van der Waals surface area contributed by atoms with Crippen LogP contribution in [0.1, 0.15) is 48.4 Å². The first-order chi connectivity index (χ1) is 17.6. The van der Waals surface area contributed by atoms with Gasteiger partial charge >= 0.3 is 0 Å². The second-order valence-electron chi connectivity index (χ2n) is 9.15. The largest absolute Gasteiger partial charge is 0.354 e. The molecule has 0 saturated heterocycles. The Morgan fingerprint density at radius 3 is 2.14 bits per heavy atom. The second kappa shape index (κ2) is 15.1. The minimum Gasteiger partial charge on any atom is -0.354 e. The number of aryl methyl sites for hydroxylation is 1. The third kappa shape index (κ3) is 9.19. The minimum atomic E-state index is -0.558. The quantitative estimate of drug-likeness (QED) is 0.268. The second-order valence-corrected chi connectivity index (χ2v) is 10.3. The van der Waals surface area contributed by atoms with Gasteiger partial charge in [-0.1, -0.05) is 104 Å². The highest BCUT2D eigenvalue weighted by molar-refractivity contribution is 7.98. The van der Waals surface area contributed by atoms with Crippen LogP contribution in [0.15, 0.2) is 84.9 Å². The Balaban J connectivity index is 1.77. The standard InChI is InChI=1S/C31H38N2O2S/c1-3-4-20-32-31(35)29(22-26-11-7-5-8-12-26)33(23-27-17-15-25(2)16-18-27)30(34)19-21-36-24-28-13-9-6-10-14-28/h5-18,29H,3-4,19-24H2,1-2H3,(H,32,35)/t29-/m1/s1. The predicted molar refractivity (Wildman–Crippen MR) is 151 cm³/mol. The zero-order valence-electron chi connectivity index (χ0n) is 21.5. The van der Waals surface area contributed by atoms with Crippen LogP contribution in [0.25, 0.3) is 0 Å². The van der Waals surface area contributed by atoms with Gasteiger partial charge in [0.1, 0.15) is 6.04 Å². The number of unbranched alkanes of at least 4 members (excludes halogenated alkanes) is 1. The Labute approximate surface area is 220 Å². The zero-order chi connectivity index (χ0) is 25.6. The van der Waals surface area contributed by atoms with Crippen molar-refractivity contribution in [1.82, 2.24) is 10.2 Å². The van der Waals surface area contributed by atoms with Crippen LogP contribution in [0.4, 0.5) is 0 Å². The molecule has 1 N–H and O–H groups in total. The molecule has 3 rings (SSSR count). The maximum atomic E-state index is 13.6. The van der Waals surface area contributed by atoms with Crippen LogP contribution >= 0.6 is 11.8 Å². The Bertz CT molecular complexity index is 1050. The van der Waals surface area contributed by atoms with Crippen LogP contribution in [0.5, 0.6) is 0 Å². The van der Waals surface area contributed by atoms with Gasteiger partial charge in [0.05, 0.1) is 0 Å². The number of hydrogen-bond donors (Lipinski definition) is 1. The van der Waals surface area contributed by atoms with Gasteiger partial charge < -0.3 is 10.2 Å². The lowest BCUT2D eigenvalue weighted by molar-refractivity contribution is -0.141. The summed E-state index contributed by atoms with van der Waals surface area (Å²) in [6.07, 6.45) is 2.82. The van der Waals surface area contributed by atoms with E-state index in [4.69, 9.17) is 0 Å². The maximum Gasteiger partial charge on any atom is 0.243 e. The SMILES string of the molecule is CCCCNC(=O)[C@@H](Cc1ccccc1)N(Cc1ccc(C)cc1)C(=O)CCSCc1ccccc1. The van der Waals surface area contributed by atoms with E-state index in [0.29, 0.717) is 31.7 Å². The molecule has 0 radical (unpaired) electrons. The maximum absolute atomic E-state index is 13.6. The van der Waals surface area contributed by atoms with Gasteiger partial charge in [-0.15, -0.1) is 0 Å². The molecule has 1 atom stereocenters. The smallest absolute Gasteiger partial charge is 0.243 e.